The van der Waals surface area contributed by atoms with E-state index >= 15 is 0 Å². The standard InChI is InChI=1S/C50H54N4O/c1-4-12-33(13-5-1)34-20-24-38(25-21-34)48-52-49(54-50(53-48)40-28-31-46-43(32-40)42-18-10-11-19-45(42)55-46)39-26-22-35(23-27-39)41-29-30-44(36-14-6-2-7-15-36)51-47(41)37-16-8-3-9-17-37/h1-6,8-10,12-13,16,18,20,22,24,26,28,31-32,34,36-38,41,43-44,46-47,51H,7,11,14-15,17,19,21,23,25,27,29-30H2. The van der Waals surface area contributed by atoms with E-state index in [4.69, 9.17) is 19.7 Å². The summed E-state index contributed by atoms with van der Waals surface area (Å²) in [5.41, 5.74) is 6.60. The van der Waals surface area contributed by atoms with Gasteiger partial charge in [-0.1, -0.05) is 121 Å². The third kappa shape index (κ3) is 7.17. The van der Waals surface area contributed by atoms with Gasteiger partial charge in [-0.2, -0.15) is 0 Å². The second-order valence-electron chi connectivity index (χ2n) is 17.0. The van der Waals surface area contributed by atoms with Crippen LogP contribution in [0.1, 0.15) is 112 Å². The fraction of sp³-hybridized carbons (Fsp3) is 0.420. The molecule has 9 atom stereocenters. The van der Waals surface area contributed by atoms with Crippen molar-refractivity contribution in [2.45, 2.75) is 107 Å². The number of hydrogen-bond donors (Lipinski definition) is 1. The highest BCUT2D eigenvalue weighted by molar-refractivity contribution is 5.74. The molecule has 5 nitrogen and oxygen atoms in total. The Bertz CT molecular complexity index is 2090. The molecule has 55 heavy (non-hydrogen) atoms. The number of hydrogen-bond acceptors (Lipinski definition) is 5. The molecule has 280 valence electrons. The average Bonchev–Trinajstić information content (AvgIpc) is 3.65. The third-order valence-corrected chi connectivity index (χ3v) is 13.7. The van der Waals surface area contributed by atoms with Gasteiger partial charge in [0.15, 0.2) is 11.6 Å². The Morgan fingerprint density at radius 1 is 0.691 bits per heavy atom. The summed E-state index contributed by atoms with van der Waals surface area (Å²) in [5, 5.41) is 4.27. The zero-order chi connectivity index (χ0) is 36.6. The molecular weight excluding hydrogens is 673 g/mol. The molecule has 0 amide bonds. The summed E-state index contributed by atoms with van der Waals surface area (Å²) in [6.07, 6.45) is 48.6. The molecule has 0 bridgehead atoms. The van der Waals surface area contributed by atoms with E-state index in [0.29, 0.717) is 29.8 Å². The van der Waals surface area contributed by atoms with Crippen molar-refractivity contribution in [3.63, 3.8) is 0 Å². The predicted octanol–water partition coefficient (Wildman–Crippen LogP) is 11.0. The van der Waals surface area contributed by atoms with Gasteiger partial charge in [-0.15, -0.1) is 0 Å². The molecule has 1 aromatic heterocycles. The zero-order valence-electron chi connectivity index (χ0n) is 32.0. The van der Waals surface area contributed by atoms with E-state index in [1.54, 1.807) is 5.57 Å². The Labute approximate surface area is 327 Å². The maximum atomic E-state index is 6.39. The Hall–Kier alpha value is -4.61. The smallest absolute Gasteiger partial charge is 0.163 e. The molecule has 1 saturated heterocycles. The maximum absolute atomic E-state index is 6.39. The van der Waals surface area contributed by atoms with Crippen molar-refractivity contribution >= 4 is 11.1 Å². The van der Waals surface area contributed by atoms with Gasteiger partial charge >= 0.3 is 0 Å². The molecule has 10 rings (SSSR count). The Morgan fingerprint density at radius 2 is 1.60 bits per heavy atom. The van der Waals surface area contributed by atoms with Crippen LogP contribution in [0.3, 0.4) is 0 Å². The highest BCUT2D eigenvalue weighted by atomic mass is 16.5. The van der Waals surface area contributed by atoms with Crippen LogP contribution in [-0.4, -0.2) is 33.1 Å². The van der Waals surface area contributed by atoms with E-state index in [9.17, 15) is 0 Å². The number of nitrogens with one attached hydrogen (secondary N) is 1. The number of rotatable bonds is 7. The van der Waals surface area contributed by atoms with Crippen LogP contribution >= 0.6 is 0 Å². The minimum Gasteiger partial charge on any atom is -0.489 e. The van der Waals surface area contributed by atoms with E-state index in [0.717, 1.165) is 79.7 Å². The summed E-state index contributed by atoms with van der Waals surface area (Å²) >= 11 is 0. The van der Waals surface area contributed by atoms with Gasteiger partial charge in [-0.3, -0.25) is 0 Å². The highest BCUT2D eigenvalue weighted by Crippen LogP contribution is 2.44. The van der Waals surface area contributed by atoms with Crippen LogP contribution in [0.4, 0.5) is 0 Å². The van der Waals surface area contributed by atoms with E-state index < -0.39 is 0 Å². The molecule has 8 aliphatic rings. The van der Waals surface area contributed by atoms with Crippen molar-refractivity contribution in [2.24, 2.45) is 23.7 Å². The van der Waals surface area contributed by atoms with Gasteiger partial charge in [-0.25, -0.2) is 15.0 Å². The number of fused-ring (bicyclic) bond motifs is 2. The first-order valence-electron chi connectivity index (χ1n) is 21.3. The normalized spacial score (nSPS) is 33.7. The van der Waals surface area contributed by atoms with E-state index in [1.165, 1.54) is 48.8 Å². The summed E-state index contributed by atoms with van der Waals surface area (Å²) in [6.45, 7) is 0. The Balaban J connectivity index is 0.957. The summed E-state index contributed by atoms with van der Waals surface area (Å²) in [6, 6.07) is 12.0. The fourth-order valence-electron chi connectivity index (χ4n) is 10.7. The molecule has 5 heteroatoms. The Kier molecular flexibility index (Phi) is 9.82. The van der Waals surface area contributed by atoms with Crippen molar-refractivity contribution in [3.05, 3.63) is 161 Å². The number of benzene rings is 1. The fourth-order valence-corrected chi connectivity index (χ4v) is 10.7. The van der Waals surface area contributed by atoms with Gasteiger partial charge < -0.3 is 10.1 Å². The lowest BCUT2D eigenvalue weighted by Gasteiger charge is -2.45. The van der Waals surface area contributed by atoms with Crippen LogP contribution < -0.4 is 5.32 Å². The Morgan fingerprint density at radius 3 is 2.42 bits per heavy atom. The van der Waals surface area contributed by atoms with Crippen molar-refractivity contribution in [3.8, 4) is 0 Å². The van der Waals surface area contributed by atoms with Gasteiger partial charge in [0.1, 0.15) is 17.7 Å². The van der Waals surface area contributed by atoms with Gasteiger partial charge in [0.2, 0.25) is 0 Å². The number of aromatic nitrogens is 3. The van der Waals surface area contributed by atoms with Gasteiger partial charge in [0, 0.05) is 47.4 Å². The van der Waals surface area contributed by atoms with Crippen molar-refractivity contribution in [1.82, 2.24) is 20.3 Å². The lowest BCUT2D eigenvalue weighted by molar-refractivity contribution is 0.158. The average molecular weight is 727 g/mol. The van der Waals surface area contributed by atoms with E-state index in [1.807, 2.05) is 0 Å². The second-order valence-corrected chi connectivity index (χ2v) is 17.0. The molecule has 1 fully saturated rings. The van der Waals surface area contributed by atoms with Crippen LogP contribution in [0.15, 0.2) is 138 Å². The second kappa shape index (κ2) is 15.5. The molecule has 2 aliphatic heterocycles. The van der Waals surface area contributed by atoms with Gasteiger partial charge in [-0.05, 0) is 106 Å². The zero-order valence-corrected chi connectivity index (χ0v) is 32.0. The molecule has 3 heterocycles. The molecule has 0 saturated carbocycles. The summed E-state index contributed by atoms with van der Waals surface area (Å²) < 4.78 is 6.39. The van der Waals surface area contributed by atoms with Crippen molar-refractivity contribution < 1.29 is 4.74 Å². The molecule has 1 N–H and O–H groups in total. The van der Waals surface area contributed by atoms with Crippen LogP contribution in [-0.2, 0) is 4.74 Å². The molecule has 2 aromatic rings. The van der Waals surface area contributed by atoms with Crippen molar-refractivity contribution in [1.29, 1.82) is 0 Å². The lowest BCUT2D eigenvalue weighted by Crippen LogP contribution is -2.54. The molecular formula is C50H54N4O. The molecule has 0 radical (unpaired) electrons. The molecule has 1 aromatic carbocycles. The number of piperidine rings is 1. The lowest BCUT2D eigenvalue weighted by atomic mass is 9.70. The number of nitrogens with zero attached hydrogens (tertiary/aromatic N) is 3. The topological polar surface area (TPSA) is 59.9 Å². The summed E-state index contributed by atoms with van der Waals surface area (Å²) in [5.74, 6) is 6.34. The van der Waals surface area contributed by atoms with Crippen LogP contribution in [0.5, 0.6) is 0 Å². The first-order chi connectivity index (χ1) is 27.2. The van der Waals surface area contributed by atoms with Gasteiger partial charge in [0.05, 0.1) is 0 Å². The van der Waals surface area contributed by atoms with Gasteiger partial charge in [0.25, 0.3) is 0 Å². The number of ether oxygens (including phenoxy) is 1. The number of allylic oxidation sites excluding steroid dienone is 15. The first-order valence-corrected chi connectivity index (χ1v) is 21.3. The predicted molar refractivity (Wildman–Crippen MR) is 223 cm³/mol. The minimum atomic E-state index is 0.0612. The molecule has 0 spiro atoms. The van der Waals surface area contributed by atoms with Crippen molar-refractivity contribution in [2.75, 3.05) is 0 Å². The molecule has 6 aliphatic carbocycles. The highest BCUT2D eigenvalue weighted by Gasteiger charge is 2.39. The molecule has 9 unspecified atom stereocenters. The van der Waals surface area contributed by atoms with Crippen LogP contribution in [0, 0.1) is 23.7 Å². The third-order valence-electron chi connectivity index (χ3n) is 13.7. The quantitative estimate of drug-likeness (QED) is 0.288. The van der Waals surface area contributed by atoms with Crippen LogP contribution in [0.2, 0.25) is 0 Å². The maximum Gasteiger partial charge on any atom is 0.163 e. The summed E-state index contributed by atoms with van der Waals surface area (Å²) in [7, 11) is 0. The monoisotopic (exact) mass is 726 g/mol. The minimum absolute atomic E-state index is 0.0612. The van der Waals surface area contributed by atoms with E-state index in [-0.39, 0.29) is 17.9 Å². The van der Waals surface area contributed by atoms with Crippen LogP contribution in [0.25, 0.3) is 11.1 Å². The van der Waals surface area contributed by atoms with E-state index in [2.05, 4.69) is 127 Å². The SMILES string of the molecule is C1=CCC(C2NC(C3CC=CCC3)CCC2C2=CC=C(c3nc(C4=CC5C6=C(CCC=C6)OC5C=C4)nc(C4C=CC(c5ccccc5)CC4)n3)CC2)C=C1. The largest absolute Gasteiger partial charge is 0.489 e. The first kappa shape index (κ1) is 34.8. The summed E-state index contributed by atoms with van der Waals surface area (Å²) in [4.78, 5) is 15.8.